The van der Waals surface area contributed by atoms with Gasteiger partial charge in [0.2, 0.25) is 0 Å². The van der Waals surface area contributed by atoms with Gasteiger partial charge in [-0.3, -0.25) is 18.7 Å². The largest absolute Gasteiger partial charge is 0.340 e. The molecule has 30 heavy (non-hydrogen) atoms. The highest BCUT2D eigenvalue weighted by atomic mass is 16.2. The average molecular weight is 396 g/mol. The number of benzene rings is 2. The zero-order valence-electron chi connectivity index (χ0n) is 16.3. The fraction of sp³-hybridized carbons (Fsp3) is 0.130. The van der Waals surface area contributed by atoms with Gasteiger partial charge in [0.15, 0.2) is 5.78 Å². The van der Waals surface area contributed by atoms with Crippen LogP contribution in [0.4, 0.5) is 5.82 Å². The Balaban J connectivity index is 1.90. The highest BCUT2D eigenvalue weighted by Crippen LogP contribution is 2.47. The van der Waals surface area contributed by atoms with Crippen LogP contribution in [0.1, 0.15) is 38.5 Å². The van der Waals surface area contributed by atoms with Crippen molar-refractivity contribution < 1.29 is 4.79 Å². The molecule has 7 heteroatoms. The molecule has 1 N–H and O–H groups in total. The molecule has 2 heterocycles. The van der Waals surface area contributed by atoms with Crippen molar-refractivity contribution in [3.8, 4) is 6.07 Å². The average Bonchev–Trinajstić information content (AvgIpc) is 3.07. The first kappa shape index (κ1) is 17.9. The summed E-state index contributed by atoms with van der Waals surface area (Å²) in [7, 11) is 3.01. The van der Waals surface area contributed by atoms with E-state index in [1.165, 1.54) is 11.6 Å². The van der Waals surface area contributed by atoms with E-state index < -0.39 is 17.2 Å². The molecule has 1 atom stereocenters. The number of ketones is 1. The van der Waals surface area contributed by atoms with Gasteiger partial charge in [0, 0.05) is 36.7 Å². The van der Waals surface area contributed by atoms with Crippen molar-refractivity contribution in [1.29, 1.82) is 5.26 Å². The molecule has 0 fully saturated rings. The third-order valence-electron chi connectivity index (χ3n) is 5.82. The lowest BCUT2D eigenvalue weighted by molar-refractivity contribution is 0.103. The van der Waals surface area contributed by atoms with E-state index in [0.717, 1.165) is 10.1 Å². The van der Waals surface area contributed by atoms with Gasteiger partial charge >= 0.3 is 5.69 Å². The second-order valence-corrected chi connectivity index (χ2v) is 7.43. The number of anilines is 1. The van der Waals surface area contributed by atoms with Crippen LogP contribution in [-0.2, 0) is 14.1 Å². The molecule has 1 aliphatic carbocycles. The molecule has 3 aromatic rings. The van der Waals surface area contributed by atoms with Crippen molar-refractivity contribution in [2.75, 3.05) is 5.32 Å². The van der Waals surface area contributed by atoms with Crippen LogP contribution >= 0.6 is 0 Å². The molecule has 5 rings (SSSR count). The van der Waals surface area contributed by atoms with E-state index in [1.54, 1.807) is 43.4 Å². The number of Topliss-reactive ketones (excluding diaryl/α,β-unsaturated/α-hetero) is 1. The standard InChI is InChI=1S/C23H16N4O3/c1-26-21-18(22(29)27(2)23(26)30)16(13-7-5-6-12(10-13)11-24)17-19(25-21)14-8-3-4-9-15(14)20(17)28/h3-10,16,25H,1-2H3. The van der Waals surface area contributed by atoms with Crippen LogP contribution in [0.3, 0.4) is 0 Å². The van der Waals surface area contributed by atoms with Gasteiger partial charge in [-0.2, -0.15) is 5.26 Å². The highest BCUT2D eigenvalue weighted by molar-refractivity contribution is 6.23. The molecule has 146 valence electrons. The first-order valence-electron chi connectivity index (χ1n) is 9.39. The lowest BCUT2D eigenvalue weighted by Crippen LogP contribution is -2.42. The number of carbonyl (C=O) groups excluding carboxylic acids is 1. The first-order chi connectivity index (χ1) is 14.4. The summed E-state index contributed by atoms with van der Waals surface area (Å²) in [5.41, 5.74) is 2.80. The number of hydrogen-bond acceptors (Lipinski definition) is 5. The normalized spacial score (nSPS) is 16.4. The number of nitriles is 1. The molecule has 1 aliphatic heterocycles. The molecular formula is C23H16N4O3. The zero-order valence-corrected chi connectivity index (χ0v) is 16.3. The van der Waals surface area contributed by atoms with Crippen LogP contribution in [-0.4, -0.2) is 14.9 Å². The van der Waals surface area contributed by atoms with Gasteiger partial charge in [0.25, 0.3) is 5.56 Å². The molecule has 0 saturated carbocycles. The van der Waals surface area contributed by atoms with Crippen LogP contribution in [0, 0.1) is 11.3 Å². The number of hydrogen-bond donors (Lipinski definition) is 1. The Morgan fingerprint density at radius 1 is 0.967 bits per heavy atom. The quantitative estimate of drug-likeness (QED) is 0.680. The fourth-order valence-electron chi connectivity index (χ4n) is 4.38. The maximum atomic E-state index is 13.4. The summed E-state index contributed by atoms with van der Waals surface area (Å²) < 4.78 is 2.42. The minimum absolute atomic E-state index is 0.165. The second kappa shape index (κ2) is 6.16. The predicted molar refractivity (Wildman–Crippen MR) is 111 cm³/mol. The number of carbonyl (C=O) groups is 1. The maximum Gasteiger partial charge on any atom is 0.332 e. The van der Waals surface area contributed by atoms with Crippen LogP contribution in [0.25, 0.3) is 5.70 Å². The van der Waals surface area contributed by atoms with Crippen molar-refractivity contribution in [3.63, 3.8) is 0 Å². The van der Waals surface area contributed by atoms with Crippen molar-refractivity contribution in [2.45, 2.75) is 5.92 Å². The third-order valence-corrected chi connectivity index (χ3v) is 5.82. The Kier molecular flexibility index (Phi) is 3.67. The minimum atomic E-state index is -0.699. The van der Waals surface area contributed by atoms with Crippen LogP contribution in [0.2, 0.25) is 0 Å². The summed E-state index contributed by atoms with van der Waals surface area (Å²) >= 11 is 0. The second-order valence-electron chi connectivity index (χ2n) is 7.43. The molecular weight excluding hydrogens is 380 g/mol. The number of nitrogens with one attached hydrogen (secondary N) is 1. The number of rotatable bonds is 1. The van der Waals surface area contributed by atoms with E-state index in [4.69, 9.17) is 0 Å². The molecule has 2 aliphatic rings. The lowest BCUT2D eigenvalue weighted by atomic mass is 9.81. The summed E-state index contributed by atoms with van der Waals surface area (Å²) in [6, 6.07) is 16.2. The lowest BCUT2D eigenvalue weighted by Gasteiger charge is -2.29. The van der Waals surface area contributed by atoms with Crippen molar-refractivity contribution in [1.82, 2.24) is 9.13 Å². The Labute approximate surface area is 171 Å². The van der Waals surface area contributed by atoms with E-state index in [9.17, 15) is 19.6 Å². The predicted octanol–water partition coefficient (Wildman–Crippen LogP) is 2.12. The monoisotopic (exact) mass is 396 g/mol. The van der Waals surface area contributed by atoms with E-state index in [2.05, 4.69) is 11.4 Å². The van der Waals surface area contributed by atoms with Gasteiger partial charge in [-0.15, -0.1) is 0 Å². The van der Waals surface area contributed by atoms with Gasteiger partial charge in [-0.05, 0) is 17.7 Å². The Hall–Kier alpha value is -4.18. The van der Waals surface area contributed by atoms with Crippen LogP contribution < -0.4 is 16.6 Å². The summed E-state index contributed by atoms with van der Waals surface area (Å²) in [6.45, 7) is 0. The number of aromatic nitrogens is 2. The van der Waals surface area contributed by atoms with Gasteiger partial charge in [0.1, 0.15) is 5.82 Å². The highest BCUT2D eigenvalue weighted by Gasteiger charge is 2.42. The smallest absolute Gasteiger partial charge is 0.332 e. The minimum Gasteiger partial charge on any atom is -0.340 e. The topological polar surface area (TPSA) is 96.9 Å². The maximum absolute atomic E-state index is 13.4. The molecule has 1 aromatic heterocycles. The summed E-state index contributed by atoms with van der Waals surface area (Å²) in [4.78, 5) is 39.2. The number of fused-ring (bicyclic) bond motifs is 3. The van der Waals surface area contributed by atoms with Crippen LogP contribution in [0.15, 0.2) is 63.7 Å². The van der Waals surface area contributed by atoms with Crippen LogP contribution in [0.5, 0.6) is 0 Å². The molecule has 2 aromatic carbocycles. The number of nitrogens with zero attached hydrogens (tertiary/aromatic N) is 3. The molecule has 0 spiro atoms. The molecule has 0 bridgehead atoms. The summed E-state index contributed by atoms with van der Waals surface area (Å²) in [5.74, 6) is -0.504. The van der Waals surface area contributed by atoms with Gasteiger partial charge < -0.3 is 5.32 Å². The third kappa shape index (κ3) is 2.22. The Morgan fingerprint density at radius 2 is 1.70 bits per heavy atom. The van der Waals surface area contributed by atoms with Gasteiger partial charge in [-0.25, -0.2) is 4.79 Å². The zero-order chi connectivity index (χ0) is 21.2. The Bertz CT molecular complexity index is 1470. The van der Waals surface area contributed by atoms with E-state index in [-0.39, 0.29) is 5.78 Å². The van der Waals surface area contributed by atoms with E-state index in [0.29, 0.717) is 39.3 Å². The summed E-state index contributed by atoms with van der Waals surface area (Å²) in [6.07, 6.45) is 0. The van der Waals surface area contributed by atoms with Crippen molar-refractivity contribution >= 4 is 17.3 Å². The first-order valence-corrected chi connectivity index (χ1v) is 9.39. The Morgan fingerprint density at radius 3 is 2.43 bits per heavy atom. The van der Waals surface area contributed by atoms with Crippen molar-refractivity contribution in [3.05, 3.63) is 103 Å². The van der Waals surface area contributed by atoms with E-state index >= 15 is 0 Å². The number of allylic oxidation sites excluding steroid dienone is 1. The fourth-order valence-corrected chi connectivity index (χ4v) is 4.38. The molecule has 0 radical (unpaired) electrons. The van der Waals surface area contributed by atoms with Crippen molar-refractivity contribution in [2.24, 2.45) is 14.1 Å². The molecule has 0 amide bonds. The SMILES string of the molecule is Cn1c2c(c(=O)n(C)c1=O)C(c1cccc(C#N)c1)C1=C(N2)c2ccccc2C1=O. The molecule has 1 unspecified atom stereocenters. The van der Waals surface area contributed by atoms with E-state index in [1.807, 2.05) is 12.1 Å². The molecule has 0 saturated heterocycles. The van der Waals surface area contributed by atoms with Gasteiger partial charge in [-0.1, -0.05) is 36.4 Å². The van der Waals surface area contributed by atoms with Gasteiger partial charge in [0.05, 0.1) is 22.9 Å². The summed E-state index contributed by atoms with van der Waals surface area (Å²) in [5, 5.41) is 12.6. The molecule has 7 nitrogen and oxygen atoms in total.